The molecule has 1 spiro atoms. The first-order valence-electron chi connectivity index (χ1n) is 10.7. The summed E-state index contributed by atoms with van der Waals surface area (Å²) in [6.07, 6.45) is 0.941. The average molecular weight is 435 g/mol. The van der Waals surface area contributed by atoms with Crippen LogP contribution in [-0.4, -0.2) is 51.6 Å². The molecule has 32 heavy (non-hydrogen) atoms. The number of hydrogen-bond acceptors (Lipinski definition) is 9. The van der Waals surface area contributed by atoms with E-state index in [2.05, 4.69) is 37.4 Å². The minimum absolute atomic E-state index is 0.00000363. The van der Waals surface area contributed by atoms with Crippen molar-refractivity contribution in [2.75, 3.05) is 24.6 Å². The molecule has 0 aliphatic carbocycles. The van der Waals surface area contributed by atoms with Gasteiger partial charge in [-0.15, -0.1) is 10.2 Å². The molecule has 3 aromatic rings. The first-order chi connectivity index (χ1) is 15.3. The third-order valence-electron chi connectivity index (χ3n) is 5.70. The number of anilines is 1. The smallest absolute Gasteiger partial charge is 0.314 e. The Hall–Kier alpha value is -3.49. The van der Waals surface area contributed by atoms with Crippen molar-refractivity contribution in [2.24, 2.45) is 0 Å². The highest BCUT2D eigenvalue weighted by atomic mass is 16.6. The zero-order valence-corrected chi connectivity index (χ0v) is 18.4. The quantitative estimate of drug-likeness (QED) is 0.572. The molecule has 1 aromatic carbocycles. The topological polar surface area (TPSA) is 103 Å². The molecule has 9 heteroatoms. The first kappa shape index (κ1) is 20.4. The van der Waals surface area contributed by atoms with Crippen LogP contribution in [0.25, 0.3) is 11.6 Å². The van der Waals surface area contributed by atoms with Crippen LogP contribution >= 0.6 is 0 Å². The summed E-state index contributed by atoms with van der Waals surface area (Å²) in [7, 11) is 0. The summed E-state index contributed by atoms with van der Waals surface area (Å²) in [5, 5.41) is 12.5. The minimum atomic E-state index is -0.564. The number of benzene rings is 1. The standard InChI is InChI=1S/C23H25N5O4/c1-22(2,3)31-20(29)12-18-24-21(32-27-18)16-8-9-19(26-25-16)28-11-10-23(13-28)14-30-17-7-5-4-6-15(17)23/h4-9H,10-14H2,1-3H3. The van der Waals surface area contributed by atoms with Crippen LogP contribution in [0.15, 0.2) is 40.9 Å². The van der Waals surface area contributed by atoms with Gasteiger partial charge in [0.25, 0.3) is 5.89 Å². The monoisotopic (exact) mass is 435 g/mol. The van der Waals surface area contributed by atoms with Crippen molar-refractivity contribution >= 4 is 11.8 Å². The van der Waals surface area contributed by atoms with Gasteiger partial charge in [-0.3, -0.25) is 4.79 Å². The van der Waals surface area contributed by atoms with Crippen LogP contribution in [-0.2, 0) is 21.4 Å². The number of rotatable bonds is 4. The highest BCUT2D eigenvalue weighted by molar-refractivity contribution is 5.72. The number of esters is 1. The van der Waals surface area contributed by atoms with Crippen molar-refractivity contribution in [2.45, 2.75) is 44.6 Å². The van der Waals surface area contributed by atoms with E-state index in [1.807, 2.05) is 39.0 Å². The lowest BCUT2D eigenvalue weighted by Crippen LogP contribution is -2.32. The van der Waals surface area contributed by atoms with Gasteiger partial charge in [-0.05, 0) is 45.4 Å². The Labute approximate surface area is 185 Å². The van der Waals surface area contributed by atoms with Crippen LogP contribution < -0.4 is 9.64 Å². The third kappa shape index (κ3) is 3.90. The van der Waals surface area contributed by atoms with Crippen molar-refractivity contribution in [3.63, 3.8) is 0 Å². The fraction of sp³-hybridized carbons (Fsp3) is 0.435. The Morgan fingerprint density at radius 3 is 2.81 bits per heavy atom. The van der Waals surface area contributed by atoms with Crippen LogP contribution in [0.3, 0.4) is 0 Å². The molecule has 166 valence electrons. The van der Waals surface area contributed by atoms with Crippen LogP contribution in [0.1, 0.15) is 38.6 Å². The van der Waals surface area contributed by atoms with Gasteiger partial charge in [0, 0.05) is 18.7 Å². The lowest BCUT2D eigenvalue weighted by molar-refractivity contribution is -0.154. The average Bonchev–Trinajstić information content (AvgIpc) is 3.47. The molecular weight excluding hydrogens is 410 g/mol. The zero-order chi connectivity index (χ0) is 22.3. The normalized spacial score (nSPS) is 19.8. The zero-order valence-electron chi connectivity index (χ0n) is 18.4. The largest absolute Gasteiger partial charge is 0.492 e. The van der Waals surface area contributed by atoms with E-state index in [4.69, 9.17) is 14.0 Å². The van der Waals surface area contributed by atoms with Crippen LogP contribution in [0.2, 0.25) is 0 Å². The van der Waals surface area contributed by atoms with Gasteiger partial charge in [0.1, 0.15) is 17.8 Å². The molecule has 0 bridgehead atoms. The molecule has 1 saturated heterocycles. The van der Waals surface area contributed by atoms with Gasteiger partial charge in [0.05, 0.1) is 12.0 Å². The summed E-state index contributed by atoms with van der Waals surface area (Å²) in [5.74, 6) is 1.84. The van der Waals surface area contributed by atoms with Gasteiger partial charge in [0.2, 0.25) is 0 Å². The maximum atomic E-state index is 12.0. The number of hydrogen-bond donors (Lipinski definition) is 0. The highest BCUT2D eigenvalue weighted by Gasteiger charge is 2.46. The molecule has 5 rings (SSSR count). The molecule has 0 saturated carbocycles. The van der Waals surface area contributed by atoms with E-state index >= 15 is 0 Å². The van der Waals surface area contributed by atoms with Crippen molar-refractivity contribution in [1.29, 1.82) is 0 Å². The lowest BCUT2D eigenvalue weighted by atomic mass is 9.82. The Bertz CT molecular complexity index is 1140. The lowest BCUT2D eigenvalue weighted by Gasteiger charge is -2.23. The Balaban J connectivity index is 1.26. The van der Waals surface area contributed by atoms with E-state index in [1.165, 1.54) is 5.56 Å². The van der Waals surface area contributed by atoms with Crippen molar-refractivity contribution in [3.8, 4) is 17.3 Å². The SMILES string of the molecule is CC(C)(C)OC(=O)Cc1noc(-c2ccc(N3CCC4(COc5ccccc54)C3)nn2)n1. The molecule has 0 radical (unpaired) electrons. The Kier molecular flexibility index (Phi) is 4.83. The summed E-state index contributed by atoms with van der Waals surface area (Å²) < 4.78 is 16.5. The number of ether oxygens (including phenoxy) is 2. The number of nitrogens with zero attached hydrogens (tertiary/aromatic N) is 5. The highest BCUT2D eigenvalue weighted by Crippen LogP contribution is 2.45. The molecule has 2 aliphatic heterocycles. The van der Waals surface area contributed by atoms with Gasteiger partial charge in [-0.1, -0.05) is 23.4 Å². The Morgan fingerprint density at radius 1 is 1.19 bits per heavy atom. The van der Waals surface area contributed by atoms with Crippen molar-refractivity contribution in [1.82, 2.24) is 20.3 Å². The van der Waals surface area contributed by atoms with Crippen LogP contribution in [0.4, 0.5) is 5.82 Å². The van der Waals surface area contributed by atoms with Gasteiger partial charge >= 0.3 is 5.97 Å². The maximum Gasteiger partial charge on any atom is 0.314 e. The van der Waals surface area contributed by atoms with Gasteiger partial charge in [0.15, 0.2) is 17.3 Å². The van der Waals surface area contributed by atoms with E-state index in [9.17, 15) is 4.79 Å². The van der Waals surface area contributed by atoms with E-state index < -0.39 is 11.6 Å². The second-order valence-electron chi connectivity index (χ2n) is 9.29. The molecule has 1 unspecified atom stereocenters. The summed E-state index contributed by atoms with van der Waals surface area (Å²) in [4.78, 5) is 18.4. The molecule has 2 aliphatic rings. The van der Waals surface area contributed by atoms with Crippen LogP contribution in [0, 0.1) is 0 Å². The van der Waals surface area contributed by atoms with Crippen molar-refractivity contribution in [3.05, 3.63) is 47.8 Å². The predicted molar refractivity (Wildman–Crippen MR) is 115 cm³/mol. The van der Waals surface area contributed by atoms with E-state index in [1.54, 1.807) is 6.07 Å². The number of fused-ring (bicyclic) bond motifs is 2. The predicted octanol–water partition coefficient (Wildman–Crippen LogP) is 2.95. The summed E-state index contributed by atoms with van der Waals surface area (Å²) in [5.41, 5.74) is 1.17. The molecule has 4 heterocycles. The Morgan fingerprint density at radius 2 is 2.03 bits per heavy atom. The third-order valence-corrected chi connectivity index (χ3v) is 5.70. The minimum Gasteiger partial charge on any atom is -0.492 e. The number of carbonyl (C=O) groups is 1. The maximum absolute atomic E-state index is 12.0. The first-order valence-corrected chi connectivity index (χ1v) is 10.7. The number of carbonyl (C=O) groups excluding carboxylic acids is 1. The van der Waals surface area contributed by atoms with Gasteiger partial charge in [-0.25, -0.2) is 0 Å². The molecule has 0 N–H and O–H groups in total. The fourth-order valence-corrected chi connectivity index (χ4v) is 4.27. The molecule has 1 fully saturated rings. The van der Waals surface area contributed by atoms with E-state index in [0.29, 0.717) is 12.3 Å². The molecule has 2 aromatic heterocycles. The molecular formula is C23H25N5O4. The second-order valence-corrected chi connectivity index (χ2v) is 9.29. The number of aromatic nitrogens is 4. The molecule has 1 atom stereocenters. The molecule has 0 amide bonds. The van der Waals surface area contributed by atoms with E-state index in [0.717, 1.165) is 31.1 Å². The van der Waals surface area contributed by atoms with Gasteiger partial charge < -0.3 is 18.9 Å². The van der Waals surface area contributed by atoms with E-state index in [-0.39, 0.29) is 23.6 Å². The van der Waals surface area contributed by atoms with Crippen LogP contribution in [0.5, 0.6) is 5.75 Å². The fourth-order valence-electron chi connectivity index (χ4n) is 4.27. The summed E-state index contributed by atoms with van der Waals surface area (Å²) >= 11 is 0. The second kappa shape index (κ2) is 7.58. The summed E-state index contributed by atoms with van der Waals surface area (Å²) in [6.45, 7) is 7.83. The molecule has 9 nitrogen and oxygen atoms in total. The van der Waals surface area contributed by atoms with Gasteiger partial charge in [-0.2, -0.15) is 4.98 Å². The number of para-hydroxylation sites is 1. The summed E-state index contributed by atoms with van der Waals surface area (Å²) in [6, 6.07) is 12.0. The van der Waals surface area contributed by atoms with Crippen molar-refractivity contribution < 1.29 is 18.8 Å².